The molecule has 0 saturated heterocycles. The Hall–Kier alpha value is -1.55. The van der Waals surface area contributed by atoms with Crippen molar-refractivity contribution < 1.29 is 9.90 Å². The highest BCUT2D eigenvalue weighted by Crippen LogP contribution is 2.26. The summed E-state index contributed by atoms with van der Waals surface area (Å²) in [5, 5.41) is 15.8. The van der Waals surface area contributed by atoms with Crippen molar-refractivity contribution in [3.8, 4) is 0 Å². The highest BCUT2D eigenvalue weighted by Gasteiger charge is 2.29. The van der Waals surface area contributed by atoms with E-state index in [1.807, 2.05) is 31.2 Å². The Morgan fingerprint density at radius 2 is 2.00 bits per heavy atom. The molecular formula is C12H16N2O2. The van der Waals surface area contributed by atoms with Gasteiger partial charge < -0.3 is 15.7 Å². The van der Waals surface area contributed by atoms with Crippen LogP contribution in [-0.2, 0) is 4.79 Å². The zero-order valence-corrected chi connectivity index (χ0v) is 9.23. The Labute approximate surface area is 94.7 Å². The third-order valence-corrected chi connectivity index (χ3v) is 2.78. The topological polar surface area (TPSA) is 61.4 Å². The van der Waals surface area contributed by atoms with E-state index in [2.05, 4.69) is 10.6 Å². The lowest BCUT2D eigenvalue weighted by atomic mass is 10.1. The van der Waals surface area contributed by atoms with Crippen molar-refractivity contribution in [1.29, 1.82) is 0 Å². The van der Waals surface area contributed by atoms with E-state index in [1.54, 1.807) is 0 Å². The normalized spacial score (nSPS) is 24.0. The van der Waals surface area contributed by atoms with Gasteiger partial charge in [-0.05, 0) is 18.6 Å². The average Bonchev–Trinajstić information content (AvgIpc) is 2.40. The quantitative estimate of drug-likeness (QED) is 0.709. The van der Waals surface area contributed by atoms with Gasteiger partial charge in [-0.3, -0.25) is 4.79 Å². The van der Waals surface area contributed by atoms with Gasteiger partial charge in [0.2, 0.25) is 0 Å². The second-order valence-corrected chi connectivity index (χ2v) is 4.02. The minimum absolute atomic E-state index is 0.214. The number of amides is 1. The number of carbonyl (C=O) groups is 1. The van der Waals surface area contributed by atoms with E-state index in [1.165, 1.54) is 0 Å². The van der Waals surface area contributed by atoms with Gasteiger partial charge in [0.15, 0.2) is 6.10 Å². The number of hydrogen-bond donors (Lipinski definition) is 3. The third-order valence-electron chi connectivity index (χ3n) is 2.78. The Bertz CT molecular complexity index is 392. The summed E-state index contributed by atoms with van der Waals surface area (Å²) in [7, 11) is 0. The minimum atomic E-state index is -0.993. The molecular weight excluding hydrogens is 204 g/mol. The van der Waals surface area contributed by atoms with E-state index in [0.717, 1.165) is 24.2 Å². The SMILES string of the molecule is CCC[C@H]1Nc2ccccc2NC(=O)[C@@H]1O. The van der Waals surface area contributed by atoms with Crippen molar-refractivity contribution >= 4 is 17.3 Å². The van der Waals surface area contributed by atoms with Crippen LogP contribution in [-0.4, -0.2) is 23.2 Å². The van der Waals surface area contributed by atoms with Gasteiger partial charge in [0.25, 0.3) is 5.91 Å². The van der Waals surface area contributed by atoms with Gasteiger partial charge in [-0.25, -0.2) is 0 Å². The van der Waals surface area contributed by atoms with Crippen LogP contribution in [0.25, 0.3) is 0 Å². The van der Waals surface area contributed by atoms with Crippen LogP contribution < -0.4 is 10.6 Å². The summed E-state index contributed by atoms with van der Waals surface area (Å²) < 4.78 is 0. The number of rotatable bonds is 2. The fourth-order valence-corrected chi connectivity index (χ4v) is 1.93. The smallest absolute Gasteiger partial charge is 0.255 e. The molecule has 1 aliphatic rings. The first-order chi connectivity index (χ1) is 7.72. The molecule has 4 heteroatoms. The number of benzene rings is 1. The Balaban J connectivity index is 2.30. The monoisotopic (exact) mass is 220 g/mol. The van der Waals surface area contributed by atoms with Crippen molar-refractivity contribution in [2.75, 3.05) is 10.6 Å². The van der Waals surface area contributed by atoms with E-state index in [9.17, 15) is 9.90 Å². The molecule has 2 atom stereocenters. The summed E-state index contributed by atoms with van der Waals surface area (Å²) in [5.41, 5.74) is 1.59. The van der Waals surface area contributed by atoms with Crippen molar-refractivity contribution in [2.45, 2.75) is 31.9 Å². The Morgan fingerprint density at radius 3 is 2.69 bits per heavy atom. The lowest BCUT2D eigenvalue weighted by Gasteiger charge is -2.20. The number of anilines is 2. The van der Waals surface area contributed by atoms with Gasteiger partial charge in [-0.15, -0.1) is 0 Å². The summed E-state index contributed by atoms with van der Waals surface area (Å²) in [6.07, 6.45) is 0.694. The largest absolute Gasteiger partial charge is 0.381 e. The van der Waals surface area contributed by atoms with Crippen molar-refractivity contribution in [3.63, 3.8) is 0 Å². The van der Waals surface area contributed by atoms with Crippen LogP contribution in [0.4, 0.5) is 11.4 Å². The highest BCUT2D eigenvalue weighted by molar-refractivity contribution is 5.99. The maximum Gasteiger partial charge on any atom is 0.255 e. The fourth-order valence-electron chi connectivity index (χ4n) is 1.93. The predicted octanol–water partition coefficient (Wildman–Crippen LogP) is 1.58. The van der Waals surface area contributed by atoms with Gasteiger partial charge >= 0.3 is 0 Å². The number of carbonyl (C=O) groups excluding carboxylic acids is 1. The molecule has 0 saturated carbocycles. The molecule has 86 valence electrons. The molecule has 1 aliphatic heterocycles. The molecule has 1 aromatic carbocycles. The summed E-state index contributed by atoms with van der Waals surface area (Å²) in [6, 6.07) is 7.26. The lowest BCUT2D eigenvalue weighted by Crippen LogP contribution is -2.40. The van der Waals surface area contributed by atoms with E-state index < -0.39 is 6.10 Å². The van der Waals surface area contributed by atoms with Crippen LogP contribution in [0.1, 0.15) is 19.8 Å². The molecule has 0 aromatic heterocycles. The number of aliphatic hydroxyl groups is 1. The van der Waals surface area contributed by atoms with Crippen molar-refractivity contribution in [3.05, 3.63) is 24.3 Å². The van der Waals surface area contributed by atoms with E-state index in [0.29, 0.717) is 0 Å². The van der Waals surface area contributed by atoms with Gasteiger partial charge in [0, 0.05) is 0 Å². The van der Waals surface area contributed by atoms with Crippen LogP contribution in [0.5, 0.6) is 0 Å². The molecule has 1 amide bonds. The molecule has 0 bridgehead atoms. The van der Waals surface area contributed by atoms with Gasteiger partial charge in [0.1, 0.15) is 0 Å². The highest BCUT2D eigenvalue weighted by atomic mass is 16.3. The maximum atomic E-state index is 11.7. The summed E-state index contributed by atoms with van der Waals surface area (Å²) in [6.45, 7) is 2.03. The lowest BCUT2D eigenvalue weighted by molar-refractivity contribution is -0.124. The number of hydrogen-bond acceptors (Lipinski definition) is 3. The third kappa shape index (κ3) is 2.02. The van der Waals surface area contributed by atoms with Gasteiger partial charge in [0.05, 0.1) is 17.4 Å². The summed E-state index contributed by atoms with van der Waals surface area (Å²) in [4.78, 5) is 11.7. The van der Waals surface area contributed by atoms with Gasteiger partial charge in [-0.2, -0.15) is 0 Å². The molecule has 0 spiro atoms. The zero-order valence-electron chi connectivity index (χ0n) is 9.23. The molecule has 1 heterocycles. The minimum Gasteiger partial charge on any atom is -0.381 e. The molecule has 2 rings (SSSR count). The van der Waals surface area contributed by atoms with Crippen molar-refractivity contribution in [1.82, 2.24) is 0 Å². The van der Waals surface area contributed by atoms with Crippen LogP contribution >= 0.6 is 0 Å². The number of para-hydroxylation sites is 2. The first kappa shape index (κ1) is 11.0. The number of aliphatic hydroxyl groups excluding tert-OH is 1. The molecule has 16 heavy (non-hydrogen) atoms. The second kappa shape index (κ2) is 4.53. The molecule has 0 aliphatic carbocycles. The molecule has 1 aromatic rings. The summed E-state index contributed by atoms with van der Waals surface area (Å²) in [5.74, 6) is -0.337. The first-order valence-electron chi connectivity index (χ1n) is 5.57. The molecule has 4 nitrogen and oxygen atoms in total. The van der Waals surface area contributed by atoms with Crippen molar-refractivity contribution in [2.24, 2.45) is 0 Å². The predicted molar refractivity (Wildman–Crippen MR) is 63.4 cm³/mol. The Morgan fingerprint density at radius 1 is 1.31 bits per heavy atom. The Kier molecular flexibility index (Phi) is 3.10. The second-order valence-electron chi connectivity index (χ2n) is 4.02. The van der Waals surface area contributed by atoms with Crippen LogP contribution in [0, 0.1) is 0 Å². The summed E-state index contributed by atoms with van der Waals surface area (Å²) >= 11 is 0. The van der Waals surface area contributed by atoms with E-state index in [4.69, 9.17) is 0 Å². The van der Waals surface area contributed by atoms with E-state index in [-0.39, 0.29) is 11.9 Å². The fraction of sp³-hybridized carbons (Fsp3) is 0.417. The van der Waals surface area contributed by atoms with E-state index >= 15 is 0 Å². The average molecular weight is 220 g/mol. The van der Waals surface area contributed by atoms with Crippen LogP contribution in [0.2, 0.25) is 0 Å². The van der Waals surface area contributed by atoms with Gasteiger partial charge in [-0.1, -0.05) is 25.5 Å². The standard InChI is InChI=1S/C12H16N2O2/c1-2-5-10-11(15)12(16)14-9-7-4-3-6-8(9)13-10/h3-4,6-7,10-11,13,15H,2,5H2,1H3,(H,14,16)/t10-,11-/m1/s1. The van der Waals surface area contributed by atoms with Crippen LogP contribution in [0.3, 0.4) is 0 Å². The van der Waals surface area contributed by atoms with Crippen LogP contribution in [0.15, 0.2) is 24.3 Å². The molecule has 0 unspecified atom stereocenters. The maximum absolute atomic E-state index is 11.7. The molecule has 0 fully saturated rings. The number of nitrogens with one attached hydrogen (secondary N) is 2. The molecule has 0 radical (unpaired) electrons. The zero-order chi connectivity index (χ0) is 11.5. The molecule has 3 N–H and O–H groups in total. The first-order valence-corrected chi connectivity index (χ1v) is 5.57. The number of fused-ring (bicyclic) bond motifs is 1.